The number of thiazole rings is 1. The van der Waals surface area contributed by atoms with Gasteiger partial charge in [0.1, 0.15) is 11.5 Å². The van der Waals surface area contributed by atoms with Crippen LogP contribution in [-0.4, -0.2) is 57.4 Å². The van der Waals surface area contributed by atoms with Gasteiger partial charge in [-0.2, -0.15) is 0 Å². The number of hydrogen-bond donors (Lipinski definition) is 2. The Labute approximate surface area is 224 Å². The zero-order valence-electron chi connectivity index (χ0n) is 21.4. The van der Waals surface area contributed by atoms with E-state index in [0.717, 1.165) is 29.3 Å². The standard InChI is InChI=1S/C27H30F2N5O2PS/c1-17(2)34-16-30-24(18-4-6-19(28)7-5-18)25(34)27-32-23(15-38-27)26(35)31-22-9-8-20(14-21(22)29)33-10-12-37(3,36)13-11-33/h4-9,14-17,36-37H,10-13H2,1-3H3,(H,31,35). The number of halogens is 2. The molecule has 2 N–H and O–H groups in total. The van der Waals surface area contributed by atoms with E-state index >= 15 is 0 Å². The number of hydrogen-bond acceptors (Lipinski definition) is 6. The molecule has 200 valence electrons. The maximum atomic E-state index is 14.9. The summed E-state index contributed by atoms with van der Waals surface area (Å²) in [5.41, 5.74) is 3.09. The average Bonchev–Trinajstić information content (AvgIpc) is 3.53. The van der Waals surface area contributed by atoms with Crippen LogP contribution in [0.25, 0.3) is 22.0 Å². The van der Waals surface area contributed by atoms with Crippen LogP contribution in [0.5, 0.6) is 0 Å². The first-order chi connectivity index (χ1) is 18.1. The van der Waals surface area contributed by atoms with Gasteiger partial charge in [-0.15, -0.1) is 0 Å². The minimum atomic E-state index is -2.12. The first-order valence-corrected chi connectivity index (χ1v) is 16.2. The molecule has 0 aliphatic carbocycles. The average molecular weight is 558 g/mol. The number of aromatic nitrogens is 3. The maximum absolute atomic E-state index is 14.9. The molecule has 0 bridgehead atoms. The van der Waals surface area contributed by atoms with E-state index in [1.165, 1.54) is 29.5 Å². The predicted molar refractivity (Wildman–Crippen MR) is 152 cm³/mol. The summed E-state index contributed by atoms with van der Waals surface area (Å²) in [6, 6.07) is 10.9. The molecule has 1 aliphatic rings. The van der Waals surface area contributed by atoms with Gasteiger partial charge in [-0.05, 0) is 38.1 Å². The first-order valence-electron chi connectivity index (χ1n) is 12.5. The molecule has 38 heavy (non-hydrogen) atoms. The van der Waals surface area contributed by atoms with Crippen LogP contribution in [0.3, 0.4) is 0 Å². The van der Waals surface area contributed by atoms with Crippen molar-refractivity contribution in [3.8, 4) is 22.0 Å². The molecule has 1 saturated heterocycles. The molecule has 0 unspecified atom stereocenters. The second kappa shape index (κ2) is 10.5. The molecule has 2 aromatic heterocycles. The van der Waals surface area contributed by atoms with Crippen LogP contribution in [0.4, 0.5) is 20.2 Å². The van der Waals surface area contributed by atoms with E-state index in [2.05, 4.69) is 20.2 Å². The fraction of sp³-hybridized carbons (Fsp3) is 0.296. The molecule has 11 heteroatoms. The van der Waals surface area contributed by atoms with Crippen LogP contribution in [-0.2, 0) is 0 Å². The van der Waals surface area contributed by atoms with Crippen LogP contribution >= 0.6 is 18.8 Å². The molecule has 0 radical (unpaired) electrons. The summed E-state index contributed by atoms with van der Waals surface area (Å²) < 4.78 is 30.4. The van der Waals surface area contributed by atoms with Gasteiger partial charge in [0.25, 0.3) is 0 Å². The molecular weight excluding hydrogens is 527 g/mol. The summed E-state index contributed by atoms with van der Waals surface area (Å²) in [5, 5.41) is 4.85. The fourth-order valence-corrected chi connectivity index (χ4v) is 7.11. The van der Waals surface area contributed by atoms with Crippen LogP contribution in [0.15, 0.2) is 54.2 Å². The number of rotatable bonds is 6. The minimum absolute atomic E-state index is 0.0749. The number of benzene rings is 2. The molecule has 7 nitrogen and oxygen atoms in total. The predicted octanol–water partition coefficient (Wildman–Crippen LogP) is 5.89. The van der Waals surface area contributed by atoms with E-state index in [1.54, 1.807) is 36.0 Å². The Morgan fingerprint density at radius 2 is 1.84 bits per heavy atom. The fourth-order valence-electron chi connectivity index (χ4n) is 4.51. The molecule has 0 atom stereocenters. The summed E-state index contributed by atoms with van der Waals surface area (Å²) in [4.78, 5) is 34.4. The number of amides is 1. The molecule has 2 aromatic carbocycles. The van der Waals surface area contributed by atoms with Crippen LogP contribution < -0.4 is 10.2 Å². The number of nitrogens with one attached hydrogen (secondary N) is 1. The van der Waals surface area contributed by atoms with E-state index < -0.39 is 19.2 Å². The molecule has 1 amide bonds. The van der Waals surface area contributed by atoms with Gasteiger partial charge in [0, 0.05) is 11.6 Å². The van der Waals surface area contributed by atoms with Crippen molar-refractivity contribution in [1.29, 1.82) is 0 Å². The van der Waals surface area contributed by atoms with Gasteiger partial charge < -0.3 is 4.57 Å². The van der Waals surface area contributed by atoms with Crippen molar-refractivity contribution >= 4 is 36.1 Å². The van der Waals surface area contributed by atoms with Gasteiger partial charge in [-0.25, -0.2) is 9.37 Å². The van der Waals surface area contributed by atoms with Gasteiger partial charge in [-0.1, -0.05) is 0 Å². The topological polar surface area (TPSA) is 83.3 Å². The summed E-state index contributed by atoms with van der Waals surface area (Å²) >= 11 is 1.29. The van der Waals surface area contributed by atoms with E-state index in [-0.39, 0.29) is 23.2 Å². The number of carbonyl (C=O) groups excluding carboxylic acids is 1. The van der Waals surface area contributed by atoms with Crippen molar-refractivity contribution in [2.24, 2.45) is 0 Å². The Balaban J connectivity index is 1.36. The van der Waals surface area contributed by atoms with E-state index in [0.29, 0.717) is 23.8 Å². The number of imidazole rings is 1. The molecule has 5 rings (SSSR count). The second-order valence-electron chi connectivity index (χ2n) is 10.1. The molecular formula is C27H30F2N5O2PS. The Hall–Kier alpha value is -3.20. The van der Waals surface area contributed by atoms with Crippen LogP contribution in [0.2, 0.25) is 0 Å². The van der Waals surface area contributed by atoms with Crippen molar-refractivity contribution < 1.29 is 18.5 Å². The van der Waals surface area contributed by atoms with Gasteiger partial charge in [0.15, 0.2) is 0 Å². The van der Waals surface area contributed by atoms with Crippen molar-refractivity contribution in [3.05, 3.63) is 71.5 Å². The molecule has 1 fully saturated rings. The zero-order chi connectivity index (χ0) is 27.0. The van der Waals surface area contributed by atoms with Crippen molar-refractivity contribution in [2.45, 2.75) is 19.9 Å². The number of nitrogens with zero attached hydrogens (tertiary/aromatic N) is 4. The SMILES string of the molecule is CC(C)n1cnc(-c2ccc(F)cc2)c1-c1nc(C(=O)Nc2ccc(N3CC[PH](C)(O)CC3)cc2F)cs1. The van der Waals surface area contributed by atoms with E-state index in [4.69, 9.17) is 0 Å². The van der Waals surface area contributed by atoms with E-state index in [9.17, 15) is 18.5 Å². The zero-order valence-corrected chi connectivity index (χ0v) is 23.2. The quantitative estimate of drug-likeness (QED) is 0.289. The molecule has 1 aliphatic heterocycles. The van der Waals surface area contributed by atoms with Gasteiger partial charge in [-0.3, -0.25) is 0 Å². The van der Waals surface area contributed by atoms with Crippen molar-refractivity contribution in [2.75, 3.05) is 42.3 Å². The summed E-state index contributed by atoms with van der Waals surface area (Å²) in [6.45, 7) is 7.37. The summed E-state index contributed by atoms with van der Waals surface area (Å²) in [6.07, 6.45) is 3.21. The number of anilines is 2. The Morgan fingerprint density at radius 1 is 1.13 bits per heavy atom. The van der Waals surface area contributed by atoms with E-state index in [1.807, 2.05) is 25.1 Å². The third-order valence-corrected chi connectivity index (χ3v) is 10.3. The number of carbonyl (C=O) groups is 1. The Kier molecular flexibility index (Phi) is 7.31. The van der Waals surface area contributed by atoms with Gasteiger partial charge >= 0.3 is 138 Å². The van der Waals surface area contributed by atoms with Gasteiger partial charge in [0.2, 0.25) is 0 Å². The Bertz CT molecular complexity index is 1460. The van der Waals surface area contributed by atoms with Crippen LogP contribution in [0, 0.1) is 11.6 Å². The first kappa shape index (κ1) is 26.4. The molecule has 4 aromatic rings. The second-order valence-corrected chi connectivity index (χ2v) is 14.9. The molecule has 0 spiro atoms. The summed E-state index contributed by atoms with van der Waals surface area (Å²) in [5.74, 6) is -1.38. The van der Waals surface area contributed by atoms with Crippen LogP contribution in [0.1, 0.15) is 30.4 Å². The summed E-state index contributed by atoms with van der Waals surface area (Å²) in [7, 11) is -2.12. The molecule has 0 saturated carbocycles. The van der Waals surface area contributed by atoms with Crippen molar-refractivity contribution in [1.82, 2.24) is 14.5 Å². The monoisotopic (exact) mass is 557 g/mol. The molecule has 3 heterocycles. The third kappa shape index (κ3) is 5.48. The van der Waals surface area contributed by atoms with Gasteiger partial charge in [0.05, 0.1) is 12.0 Å². The normalized spacial score (nSPS) is 16.0. The Morgan fingerprint density at radius 3 is 2.50 bits per heavy atom. The van der Waals surface area contributed by atoms with Crippen molar-refractivity contribution in [3.63, 3.8) is 0 Å². The third-order valence-electron chi connectivity index (χ3n) is 6.81.